The van der Waals surface area contributed by atoms with E-state index in [2.05, 4.69) is 5.32 Å². The maximum absolute atomic E-state index is 12.6. The molecule has 2 amide bonds. The lowest BCUT2D eigenvalue weighted by Gasteiger charge is -2.19. The topological polar surface area (TPSA) is 49.4 Å². The molecule has 1 saturated heterocycles. The summed E-state index contributed by atoms with van der Waals surface area (Å²) in [4.78, 5) is 27.3. The molecule has 1 N–H and O–H groups in total. The second kappa shape index (κ2) is 6.72. The number of nitrogens with one attached hydrogen (secondary N) is 1. The molecule has 23 heavy (non-hydrogen) atoms. The average molecular weight is 349 g/mol. The molecule has 6 heteroatoms. The zero-order valence-electron chi connectivity index (χ0n) is 12.8. The molecule has 2 heterocycles. The second-order valence-electron chi connectivity index (χ2n) is 5.52. The van der Waals surface area contributed by atoms with Gasteiger partial charge in [0.25, 0.3) is 5.91 Å². The third-order valence-electron chi connectivity index (χ3n) is 3.95. The fourth-order valence-electron chi connectivity index (χ4n) is 2.66. The highest BCUT2D eigenvalue weighted by Gasteiger charge is 2.26. The summed E-state index contributed by atoms with van der Waals surface area (Å²) in [6, 6.07) is 7.08. The molecule has 2 aromatic rings. The van der Waals surface area contributed by atoms with Crippen molar-refractivity contribution in [1.29, 1.82) is 0 Å². The van der Waals surface area contributed by atoms with Gasteiger partial charge in [-0.05, 0) is 48.6 Å². The van der Waals surface area contributed by atoms with Crippen LogP contribution in [0.2, 0.25) is 5.02 Å². The van der Waals surface area contributed by atoms with Gasteiger partial charge in [0.15, 0.2) is 0 Å². The fourth-order valence-corrected chi connectivity index (χ4v) is 3.68. The molecule has 120 valence electrons. The molecular formula is C17H17ClN2O2S. The summed E-state index contributed by atoms with van der Waals surface area (Å²) in [7, 11) is 0. The van der Waals surface area contributed by atoms with Gasteiger partial charge in [0.2, 0.25) is 5.91 Å². The van der Waals surface area contributed by atoms with Crippen LogP contribution < -0.4 is 10.2 Å². The van der Waals surface area contributed by atoms with E-state index in [-0.39, 0.29) is 11.8 Å². The lowest BCUT2D eigenvalue weighted by molar-refractivity contribution is -0.117. The number of anilines is 1. The molecule has 0 atom stereocenters. The minimum atomic E-state index is -0.191. The third-order valence-corrected chi connectivity index (χ3v) is 5.20. The number of halogens is 1. The number of hydrogen-bond donors (Lipinski definition) is 1. The van der Waals surface area contributed by atoms with Crippen LogP contribution in [0.1, 0.15) is 33.6 Å². The van der Waals surface area contributed by atoms with E-state index >= 15 is 0 Å². The molecular weight excluding hydrogens is 332 g/mol. The Labute approximate surface area is 144 Å². The highest BCUT2D eigenvalue weighted by atomic mass is 35.5. The molecule has 1 fully saturated rings. The van der Waals surface area contributed by atoms with Crippen LogP contribution in [0.5, 0.6) is 0 Å². The van der Waals surface area contributed by atoms with E-state index < -0.39 is 0 Å². The van der Waals surface area contributed by atoms with Gasteiger partial charge in [-0.2, -0.15) is 0 Å². The van der Waals surface area contributed by atoms with Crippen molar-refractivity contribution in [2.75, 3.05) is 11.4 Å². The van der Waals surface area contributed by atoms with Crippen LogP contribution in [0.4, 0.5) is 5.69 Å². The summed E-state index contributed by atoms with van der Waals surface area (Å²) in [5.74, 6) is -0.153. The first kappa shape index (κ1) is 16.0. The minimum Gasteiger partial charge on any atom is -0.347 e. The highest BCUT2D eigenvalue weighted by Crippen LogP contribution is 2.29. The predicted molar refractivity (Wildman–Crippen MR) is 93.3 cm³/mol. The number of amides is 2. The first-order valence-corrected chi connectivity index (χ1v) is 8.73. The minimum absolute atomic E-state index is 0.0374. The molecule has 1 aromatic heterocycles. The van der Waals surface area contributed by atoms with Crippen molar-refractivity contribution in [2.45, 2.75) is 26.3 Å². The number of thiophene rings is 1. The van der Waals surface area contributed by atoms with Gasteiger partial charge in [0.05, 0.1) is 17.8 Å². The zero-order chi connectivity index (χ0) is 16.4. The molecule has 0 aliphatic carbocycles. The molecule has 0 saturated carbocycles. The molecule has 1 aliphatic rings. The summed E-state index contributed by atoms with van der Waals surface area (Å²) in [5.41, 5.74) is 2.25. The van der Waals surface area contributed by atoms with Gasteiger partial charge in [-0.25, -0.2) is 0 Å². The first-order chi connectivity index (χ1) is 11.1. The molecule has 0 unspecified atom stereocenters. The van der Waals surface area contributed by atoms with Crippen molar-refractivity contribution in [3.05, 3.63) is 50.7 Å². The molecule has 1 aliphatic heterocycles. The average Bonchev–Trinajstić information content (AvgIpc) is 3.13. The zero-order valence-corrected chi connectivity index (χ0v) is 14.3. The lowest BCUT2D eigenvalue weighted by Crippen LogP contribution is -2.29. The van der Waals surface area contributed by atoms with Crippen LogP contribution in [-0.4, -0.2) is 18.4 Å². The van der Waals surface area contributed by atoms with Crippen molar-refractivity contribution >= 4 is 40.4 Å². The molecule has 0 radical (unpaired) electrons. The van der Waals surface area contributed by atoms with Gasteiger partial charge in [0.1, 0.15) is 0 Å². The fraction of sp³-hybridized carbons (Fsp3) is 0.294. The van der Waals surface area contributed by atoms with Gasteiger partial charge in [0, 0.05) is 22.9 Å². The van der Waals surface area contributed by atoms with E-state index in [4.69, 9.17) is 11.6 Å². The van der Waals surface area contributed by atoms with Crippen molar-refractivity contribution in [3.63, 3.8) is 0 Å². The summed E-state index contributed by atoms with van der Waals surface area (Å²) in [6.45, 7) is 3.14. The van der Waals surface area contributed by atoms with Gasteiger partial charge in [-0.15, -0.1) is 11.3 Å². The maximum atomic E-state index is 12.6. The predicted octanol–water partition coefficient (Wildman–Crippen LogP) is 3.77. The largest absolute Gasteiger partial charge is 0.347 e. The number of hydrogen-bond acceptors (Lipinski definition) is 3. The maximum Gasteiger partial charge on any atom is 0.253 e. The monoisotopic (exact) mass is 348 g/mol. The van der Waals surface area contributed by atoms with Gasteiger partial charge >= 0.3 is 0 Å². The van der Waals surface area contributed by atoms with E-state index in [0.29, 0.717) is 35.8 Å². The smallest absolute Gasteiger partial charge is 0.253 e. The van der Waals surface area contributed by atoms with E-state index in [1.807, 2.05) is 18.4 Å². The highest BCUT2D eigenvalue weighted by molar-refractivity contribution is 7.10. The number of rotatable bonds is 4. The van der Waals surface area contributed by atoms with Crippen LogP contribution in [0.3, 0.4) is 0 Å². The number of carbonyl (C=O) groups is 2. The molecule has 3 rings (SSSR count). The summed E-state index contributed by atoms with van der Waals surface area (Å²) >= 11 is 7.68. The van der Waals surface area contributed by atoms with Crippen molar-refractivity contribution in [2.24, 2.45) is 0 Å². The Balaban J connectivity index is 1.82. The number of nitrogens with zero attached hydrogens (tertiary/aromatic N) is 1. The van der Waals surface area contributed by atoms with E-state index in [1.54, 1.807) is 34.4 Å². The Morgan fingerprint density at radius 1 is 1.39 bits per heavy atom. The van der Waals surface area contributed by atoms with Gasteiger partial charge in [-0.1, -0.05) is 11.6 Å². The van der Waals surface area contributed by atoms with Crippen LogP contribution in [0.15, 0.2) is 29.6 Å². The Morgan fingerprint density at radius 2 is 2.22 bits per heavy atom. The first-order valence-electron chi connectivity index (χ1n) is 7.47. The quantitative estimate of drug-likeness (QED) is 0.914. The van der Waals surface area contributed by atoms with E-state index in [1.165, 1.54) is 5.56 Å². The standard InChI is InChI=1S/C17H17ClN2O2S/c1-11-6-8-23-15(11)10-19-17(22)13-5-4-12(18)9-14(13)20-7-2-3-16(20)21/h4-6,8-9H,2-3,7,10H2,1H3,(H,19,22). The molecule has 0 spiro atoms. The SMILES string of the molecule is Cc1ccsc1CNC(=O)c1ccc(Cl)cc1N1CCCC1=O. The van der Waals surface area contributed by atoms with Crippen LogP contribution in [0.25, 0.3) is 0 Å². The van der Waals surface area contributed by atoms with Crippen molar-refractivity contribution in [3.8, 4) is 0 Å². The Bertz CT molecular complexity index is 757. The van der Waals surface area contributed by atoms with Gasteiger partial charge < -0.3 is 10.2 Å². The van der Waals surface area contributed by atoms with E-state index in [0.717, 1.165) is 11.3 Å². The summed E-state index contributed by atoms with van der Waals surface area (Å²) in [5, 5.41) is 5.46. The van der Waals surface area contributed by atoms with Crippen LogP contribution in [-0.2, 0) is 11.3 Å². The second-order valence-corrected chi connectivity index (χ2v) is 6.96. The van der Waals surface area contributed by atoms with Crippen molar-refractivity contribution in [1.82, 2.24) is 5.32 Å². The number of carbonyl (C=O) groups excluding carboxylic acids is 2. The third kappa shape index (κ3) is 3.41. The van der Waals surface area contributed by atoms with Crippen molar-refractivity contribution < 1.29 is 9.59 Å². The Hall–Kier alpha value is -1.85. The molecule has 0 bridgehead atoms. The number of aryl methyl sites for hydroxylation is 1. The van der Waals surface area contributed by atoms with Crippen LogP contribution >= 0.6 is 22.9 Å². The lowest BCUT2D eigenvalue weighted by atomic mass is 10.1. The van der Waals surface area contributed by atoms with Crippen LogP contribution in [0, 0.1) is 6.92 Å². The van der Waals surface area contributed by atoms with Gasteiger partial charge in [-0.3, -0.25) is 9.59 Å². The summed E-state index contributed by atoms with van der Waals surface area (Å²) < 4.78 is 0. The molecule has 1 aromatic carbocycles. The molecule has 4 nitrogen and oxygen atoms in total. The Morgan fingerprint density at radius 3 is 2.87 bits per heavy atom. The number of benzene rings is 1. The Kier molecular flexibility index (Phi) is 4.68. The van der Waals surface area contributed by atoms with E-state index in [9.17, 15) is 9.59 Å². The summed E-state index contributed by atoms with van der Waals surface area (Å²) in [6.07, 6.45) is 1.32. The normalized spacial score (nSPS) is 14.3.